The van der Waals surface area contributed by atoms with Gasteiger partial charge in [-0.05, 0) is 58.4 Å². The molecule has 0 saturated carbocycles. The van der Waals surface area contributed by atoms with Crippen LogP contribution in [0.3, 0.4) is 0 Å². The van der Waals surface area contributed by atoms with E-state index in [4.69, 9.17) is 0 Å². The molecule has 0 saturated heterocycles. The van der Waals surface area contributed by atoms with Gasteiger partial charge < -0.3 is 0 Å². The van der Waals surface area contributed by atoms with Crippen molar-refractivity contribution in [1.29, 1.82) is 0 Å². The maximum atomic E-state index is 12.2. The van der Waals surface area contributed by atoms with Crippen LogP contribution in [0.2, 0.25) is 0 Å². The molecule has 1 N–H and O–H groups in total. The van der Waals surface area contributed by atoms with Crippen molar-refractivity contribution < 1.29 is 8.42 Å². The van der Waals surface area contributed by atoms with E-state index in [1.54, 1.807) is 11.4 Å². The van der Waals surface area contributed by atoms with E-state index in [2.05, 4.69) is 36.6 Å². The van der Waals surface area contributed by atoms with Crippen LogP contribution in [0.5, 0.6) is 0 Å². The number of rotatable bonds is 5. The van der Waals surface area contributed by atoms with Crippen molar-refractivity contribution in [2.45, 2.75) is 23.6 Å². The topological polar surface area (TPSA) is 46.2 Å². The predicted octanol–water partition coefficient (Wildman–Crippen LogP) is 4.18. The van der Waals surface area contributed by atoms with Crippen LogP contribution < -0.4 is 4.72 Å². The second-order valence-electron chi connectivity index (χ2n) is 4.41. The molecule has 3 nitrogen and oxygen atoms in total. The van der Waals surface area contributed by atoms with Gasteiger partial charge in [-0.25, -0.2) is 13.1 Å². The van der Waals surface area contributed by atoms with Crippen molar-refractivity contribution in [1.82, 2.24) is 4.72 Å². The molecule has 1 aromatic carbocycles. The van der Waals surface area contributed by atoms with Gasteiger partial charge in [-0.3, -0.25) is 0 Å². The molecule has 1 atom stereocenters. The average Bonchev–Trinajstić information content (AvgIpc) is 2.78. The minimum absolute atomic E-state index is 0.171. The van der Waals surface area contributed by atoms with Crippen LogP contribution in [-0.2, 0) is 16.4 Å². The second-order valence-corrected chi connectivity index (χ2v) is 9.00. The molecule has 2 aromatic rings. The van der Waals surface area contributed by atoms with Crippen LogP contribution in [0, 0.1) is 0 Å². The standard InChI is InChI=1S/C13H13Br2NO2S2/c1-9(8-10-2-4-11(14)5-3-10)16-20(17,18)13-12(15)6-7-19-13/h2-7,9,16H,8H2,1H3. The van der Waals surface area contributed by atoms with Crippen molar-refractivity contribution in [3.8, 4) is 0 Å². The van der Waals surface area contributed by atoms with E-state index in [-0.39, 0.29) is 6.04 Å². The van der Waals surface area contributed by atoms with Crippen molar-refractivity contribution in [3.05, 3.63) is 50.2 Å². The molecule has 1 aromatic heterocycles. The van der Waals surface area contributed by atoms with Gasteiger partial charge in [-0.2, -0.15) is 0 Å². The van der Waals surface area contributed by atoms with E-state index in [1.165, 1.54) is 11.3 Å². The number of nitrogens with one attached hydrogen (secondary N) is 1. The summed E-state index contributed by atoms with van der Waals surface area (Å²) in [7, 11) is -3.46. The van der Waals surface area contributed by atoms with E-state index in [1.807, 2.05) is 31.2 Å². The molecular formula is C13H13Br2NO2S2. The zero-order valence-corrected chi connectivity index (χ0v) is 15.4. The first-order valence-corrected chi connectivity index (χ1v) is 9.83. The molecule has 0 amide bonds. The lowest BCUT2D eigenvalue weighted by Gasteiger charge is -2.14. The summed E-state index contributed by atoms with van der Waals surface area (Å²) in [6, 6.07) is 9.43. The average molecular weight is 439 g/mol. The predicted molar refractivity (Wildman–Crippen MR) is 89.6 cm³/mol. The highest BCUT2D eigenvalue weighted by atomic mass is 79.9. The third kappa shape index (κ3) is 4.14. The van der Waals surface area contributed by atoms with Gasteiger partial charge in [-0.15, -0.1) is 11.3 Å². The fourth-order valence-corrected chi connectivity index (χ4v) is 5.67. The van der Waals surface area contributed by atoms with Gasteiger partial charge in [0.15, 0.2) is 0 Å². The molecule has 0 bridgehead atoms. The molecule has 0 radical (unpaired) electrons. The summed E-state index contributed by atoms with van der Waals surface area (Å²) in [5, 5.41) is 1.75. The number of hydrogen-bond donors (Lipinski definition) is 1. The van der Waals surface area contributed by atoms with Crippen LogP contribution in [0.1, 0.15) is 12.5 Å². The normalized spacial score (nSPS) is 13.3. The summed E-state index contributed by atoms with van der Waals surface area (Å²) in [6.07, 6.45) is 0.648. The lowest BCUT2D eigenvalue weighted by molar-refractivity contribution is 0.561. The molecule has 0 aliphatic carbocycles. The van der Waals surface area contributed by atoms with E-state index in [0.29, 0.717) is 15.1 Å². The SMILES string of the molecule is CC(Cc1ccc(Br)cc1)NS(=O)(=O)c1sccc1Br. The lowest BCUT2D eigenvalue weighted by atomic mass is 10.1. The van der Waals surface area contributed by atoms with Crippen LogP contribution in [0.4, 0.5) is 0 Å². The van der Waals surface area contributed by atoms with Crippen molar-refractivity contribution >= 4 is 53.2 Å². The Morgan fingerprint density at radius 1 is 1.20 bits per heavy atom. The lowest BCUT2D eigenvalue weighted by Crippen LogP contribution is -2.33. The number of benzene rings is 1. The monoisotopic (exact) mass is 437 g/mol. The van der Waals surface area contributed by atoms with Gasteiger partial charge in [0.05, 0.1) is 0 Å². The third-order valence-corrected chi connectivity index (χ3v) is 7.43. The van der Waals surface area contributed by atoms with Gasteiger partial charge in [0.25, 0.3) is 10.0 Å². The third-order valence-electron chi connectivity index (χ3n) is 2.64. The minimum Gasteiger partial charge on any atom is -0.207 e. The van der Waals surface area contributed by atoms with Gasteiger partial charge in [0, 0.05) is 15.0 Å². The van der Waals surface area contributed by atoms with E-state index < -0.39 is 10.0 Å². The number of sulfonamides is 1. The molecular weight excluding hydrogens is 426 g/mol. The van der Waals surface area contributed by atoms with Crippen molar-refractivity contribution in [2.75, 3.05) is 0 Å². The Balaban J connectivity index is 2.06. The molecule has 7 heteroatoms. The molecule has 0 fully saturated rings. The van der Waals surface area contributed by atoms with Gasteiger partial charge in [0.1, 0.15) is 4.21 Å². The van der Waals surface area contributed by atoms with E-state index in [9.17, 15) is 8.42 Å². The molecule has 20 heavy (non-hydrogen) atoms. The largest absolute Gasteiger partial charge is 0.251 e. The maximum Gasteiger partial charge on any atom is 0.251 e. The fraction of sp³-hybridized carbons (Fsp3) is 0.231. The summed E-state index contributed by atoms with van der Waals surface area (Å²) in [5.41, 5.74) is 1.09. The van der Waals surface area contributed by atoms with Gasteiger partial charge in [0.2, 0.25) is 0 Å². The Hall–Kier alpha value is -0.210. The summed E-state index contributed by atoms with van der Waals surface area (Å²) >= 11 is 7.84. The van der Waals surface area contributed by atoms with Crippen molar-refractivity contribution in [2.24, 2.45) is 0 Å². The zero-order chi connectivity index (χ0) is 14.8. The summed E-state index contributed by atoms with van der Waals surface area (Å²) in [5.74, 6) is 0. The Morgan fingerprint density at radius 2 is 1.85 bits per heavy atom. The highest BCUT2D eigenvalue weighted by molar-refractivity contribution is 9.10. The quantitative estimate of drug-likeness (QED) is 0.760. The highest BCUT2D eigenvalue weighted by Gasteiger charge is 2.21. The van der Waals surface area contributed by atoms with Gasteiger partial charge >= 0.3 is 0 Å². The second kappa shape index (κ2) is 6.70. The number of hydrogen-bond acceptors (Lipinski definition) is 3. The van der Waals surface area contributed by atoms with E-state index >= 15 is 0 Å². The molecule has 0 aliphatic rings. The fourth-order valence-electron chi connectivity index (χ4n) is 1.81. The molecule has 0 aliphatic heterocycles. The van der Waals surface area contributed by atoms with Crippen LogP contribution >= 0.6 is 43.2 Å². The summed E-state index contributed by atoms with van der Waals surface area (Å²) in [6.45, 7) is 1.86. The number of thiophene rings is 1. The number of halogens is 2. The highest BCUT2D eigenvalue weighted by Crippen LogP contribution is 2.27. The van der Waals surface area contributed by atoms with Crippen LogP contribution in [0.25, 0.3) is 0 Å². The van der Waals surface area contributed by atoms with Gasteiger partial charge in [-0.1, -0.05) is 28.1 Å². The maximum absolute atomic E-state index is 12.2. The zero-order valence-electron chi connectivity index (χ0n) is 10.6. The van der Waals surface area contributed by atoms with Crippen LogP contribution in [-0.4, -0.2) is 14.5 Å². The van der Waals surface area contributed by atoms with Crippen LogP contribution in [0.15, 0.2) is 48.9 Å². The summed E-state index contributed by atoms with van der Waals surface area (Å²) in [4.78, 5) is 0. The first kappa shape index (κ1) is 16.2. The molecule has 1 heterocycles. The van der Waals surface area contributed by atoms with E-state index in [0.717, 1.165) is 10.0 Å². The minimum atomic E-state index is -3.46. The molecule has 108 valence electrons. The molecule has 1 unspecified atom stereocenters. The molecule has 2 rings (SSSR count). The Kier molecular flexibility index (Phi) is 5.42. The van der Waals surface area contributed by atoms with Crippen molar-refractivity contribution in [3.63, 3.8) is 0 Å². The smallest absolute Gasteiger partial charge is 0.207 e. The Labute approximate surface area is 139 Å². The summed E-state index contributed by atoms with van der Waals surface area (Å²) < 4.78 is 29.1. The first-order chi connectivity index (χ1) is 9.38. The molecule has 0 spiro atoms. The Morgan fingerprint density at radius 3 is 2.40 bits per heavy atom. The first-order valence-electron chi connectivity index (χ1n) is 5.88. The Bertz CT molecular complexity index is 681.